The van der Waals surface area contributed by atoms with Crippen LogP contribution in [0.1, 0.15) is 23.7 Å². The lowest BCUT2D eigenvalue weighted by molar-refractivity contribution is 0.0940. The second-order valence-electron chi connectivity index (χ2n) is 3.49. The first kappa shape index (κ1) is 13.0. The number of hydrogen-bond acceptors (Lipinski definition) is 4. The Kier molecular flexibility index (Phi) is 4.53. The minimum atomic E-state index is -0.666. The van der Waals surface area contributed by atoms with Gasteiger partial charge in [0.2, 0.25) is 0 Å². The molecule has 0 N–H and O–H groups in total. The monoisotopic (exact) mass is 233 g/mol. The molecule has 4 heteroatoms. The van der Waals surface area contributed by atoms with Crippen LogP contribution in [0, 0.1) is 17.2 Å². The average molecular weight is 233 g/mol. The van der Waals surface area contributed by atoms with Gasteiger partial charge < -0.3 is 9.47 Å². The van der Waals surface area contributed by atoms with E-state index in [1.54, 1.807) is 25.1 Å². The molecule has 0 amide bonds. The van der Waals surface area contributed by atoms with Crippen LogP contribution in [0.3, 0.4) is 0 Å². The van der Waals surface area contributed by atoms with Crippen molar-refractivity contribution in [1.82, 2.24) is 0 Å². The number of carbonyl (C=O) groups is 1. The van der Waals surface area contributed by atoms with E-state index in [1.165, 1.54) is 14.2 Å². The van der Waals surface area contributed by atoms with E-state index in [2.05, 4.69) is 0 Å². The average Bonchev–Trinajstić information content (AvgIpc) is 2.38. The number of benzene rings is 1. The summed E-state index contributed by atoms with van der Waals surface area (Å²) in [5.74, 6) is -0.0596. The van der Waals surface area contributed by atoms with Gasteiger partial charge in [0.1, 0.15) is 23.0 Å². The summed E-state index contributed by atoms with van der Waals surface area (Å²) in [6, 6.07) is 7.09. The molecular weight excluding hydrogens is 218 g/mol. The van der Waals surface area contributed by atoms with Crippen LogP contribution in [0.4, 0.5) is 0 Å². The Balaban J connectivity index is 3.28. The van der Waals surface area contributed by atoms with Crippen LogP contribution in [0.25, 0.3) is 0 Å². The van der Waals surface area contributed by atoms with Crippen molar-refractivity contribution < 1.29 is 14.3 Å². The van der Waals surface area contributed by atoms with E-state index in [9.17, 15) is 4.79 Å². The number of methoxy groups -OCH3 is 2. The summed E-state index contributed by atoms with van der Waals surface area (Å²) in [6.45, 7) is 1.80. The van der Waals surface area contributed by atoms with Gasteiger partial charge in [0.05, 0.1) is 20.3 Å². The van der Waals surface area contributed by atoms with Gasteiger partial charge in [-0.15, -0.1) is 0 Å². The fourth-order valence-corrected chi connectivity index (χ4v) is 1.60. The second kappa shape index (κ2) is 5.90. The molecule has 0 spiro atoms. The molecule has 0 bridgehead atoms. The zero-order valence-electron chi connectivity index (χ0n) is 10.2. The second-order valence-corrected chi connectivity index (χ2v) is 3.49. The largest absolute Gasteiger partial charge is 0.496 e. The van der Waals surface area contributed by atoms with Gasteiger partial charge in [0.25, 0.3) is 0 Å². The first-order valence-electron chi connectivity index (χ1n) is 5.34. The van der Waals surface area contributed by atoms with Crippen LogP contribution < -0.4 is 9.47 Å². The lowest BCUT2D eigenvalue weighted by Crippen LogP contribution is -2.14. The molecule has 1 rings (SSSR count). The first-order valence-corrected chi connectivity index (χ1v) is 5.34. The van der Waals surface area contributed by atoms with E-state index in [-0.39, 0.29) is 5.78 Å². The van der Waals surface area contributed by atoms with Crippen molar-refractivity contribution in [2.24, 2.45) is 5.92 Å². The summed E-state index contributed by atoms with van der Waals surface area (Å²) in [4.78, 5) is 12.2. The highest BCUT2D eigenvalue weighted by Gasteiger charge is 2.24. The third kappa shape index (κ3) is 2.56. The van der Waals surface area contributed by atoms with Gasteiger partial charge in [-0.25, -0.2) is 0 Å². The Morgan fingerprint density at radius 1 is 1.35 bits per heavy atom. The zero-order chi connectivity index (χ0) is 12.8. The number of nitriles is 1. The fourth-order valence-electron chi connectivity index (χ4n) is 1.60. The Bertz CT molecular complexity index is 426. The van der Waals surface area contributed by atoms with Gasteiger partial charge in [0, 0.05) is 0 Å². The van der Waals surface area contributed by atoms with Crippen LogP contribution in [0.5, 0.6) is 11.5 Å². The smallest absolute Gasteiger partial charge is 0.187 e. The van der Waals surface area contributed by atoms with Gasteiger partial charge >= 0.3 is 0 Å². The summed E-state index contributed by atoms with van der Waals surface area (Å²) in [5, 5.41) is 8.93. The lowest BCUT2D eigenvalue weighted by atomic mass is 9.95. The summed E-state index contributed by atoms with van der Waals surface area (Å²) in [7, 11) is 2.97. The summed E-state index contributed by atoms with van der Waals surface area (Å²) in [5.41, 5.74) is 0.339. The molecule has 0 aromatic heterocycles. The molecule has 1 unspecified atom stereocenters. The van der Waals surface area contributed by atoms with Gasteiger partial charge in [0.15, 0.2) is 5.78 Å². The molecule has 0 aliphatic carbocycles. The van der Waals surface area contributed by atoms with Crippen LogP contribution in [0.15, 0.2) is 18.2 Å². The highest BCUT2D eigenvalue weighted by atomic mass is 16.5. The molecule has 0 fully saturated rings. The van der Waals surface area contributed by atoms with E-state index >= 15 is 0 Å². The number of ether oxygens (including phenoxy) is 2. The minimum absolute atomic E-state index is 0.260. The third-order valence-electron chi connectivity index (χ3n) is 2.55. The molecule has 0 aliphatic heterocycles. The van der Waals surface area contributed by atoms with E-state index < -0.39 is 5.92 Å². The summed E-state index contributed by atoms with van der Waals surface area (Å²) >= 11 is 0. The van der Waals surface area contributed by atoms with Crippen LogP contribution >= 0.6 is 0 Å². The Hall–Kier alpha value is -2.02. The molecular formula is C13H15NO3. The van der Waals surface area contributed by atoms with E-state index in [0.717, 1.165) is 0 Å². The molecule has 4 nitrogen and oxygen atoms in total. The summed E-state index contributed by atoms with van der Waals surface area (Å²) in [6.07, 6.45) is 0.469. The number of carbonyl (C=O) groups excluding carboxylic acids is 1. The van der Waals surface area contributed by atoms with Crippen LogP contribution in [0.2, 0.25) is 0 Å². The zero-order valence-corrected chi connectivity index (χ0v) is 10.2. The Morgan fingerprint density at radius 3 is 2.24 bits per heavy atom. The quantitative estimate of drug-likeness (QED) is 0.733. The van der Waals surface area contributed by atoms with Gasteiger partial charge in [-0.1, -0.05) is 13.0 Å². The Labute approximate surface area is 101 Å². The molecule has 0 aliphatic rings. The third-order valence-corrected chi connectivity index (χ3v) is 2.55. The van der Waals surface area contributed by atoms with Crippen molar-refractivity contribution in [3.63, 3.8) is 0 Å². The standard InChI is InChI=1S/C13H15NO3/c1-4-9(8-14)13(15)12-10(16-2)6-5-7-11(12)17-3/h5-7,9H,4H2,1-3H3. The molecule has 0 saturated heterocycles. The molecule has 1 atom stereocenters. The molecule has 0 radical (unpaired) electrons. The predicted molar refractivity (Wildman–Crippen MR) is 63.3 cm³/mol. The van der Waals surface area contributed by atoms with Crippen molar-refractivity contribution >= 4 is 5.78 Å². The Morgan fingerprint density at radius 2 is 1.88 bits per heavy atom. The van der Waals surface area contributed by atoms with Gasteiger partial charge in [-0.2, -0.15) is 5.26 Å². The maximum absolute atomic E-state index is 12.2. The number of rotatable bonds is 5. The molecule has 17 heavy (non-hydrogen) atoms. The highest BCUT2D eigenvalue weighted by molar-refractivity contribution is 6.04. The van der Waals surface area contributed by atoms with Crippen LogP contribution in [-0.4, -0.2) is 20.0 Å². The van der Waals surface area contributed by atoms with E-state index in [1.807, 2.05) is 6.07 Å². The maximum Gasteiger partial charge on any atom is 0.187 e. The van der Waals surface area contributed by atoms with Crippen LogP contribution in [-0.2, 0) is 0 Å². The fraction of sp³-hybridized carbons (Fsp3) is 0.385. The predicted octanol–water partition coefficient (Wildman–Crippen LogP) is 2.44. The highest BCUT2D eigenvalue weighted by Crippen LogP contribution is 2.31. The number of ketones is 1. The number of hydrogen-bond donors (Lipinski definition) is 0. The summed E-state index contributed by atoms with van der Waals surface area (Å²) < 4.78 is 10.3. The minimum Gasteiger partial charge on any atom is -0.496 e. The van der Waals surface area contributed by atoms with Crippen molar-refractivity contribution in [2.75, 3.05) is 14.2 Å². The van der Waals surface area contributed by atoms with Crippen molar-refractivity contribution in [1.29, 1.82) is 5.26 Å². The lowest BCUT2D eigenvalue weighted by Gasteiger charge is -2.13. The van der Waals surface area contributed by atoms with Gasteiger partial charge in [-0.05, 0) is 18.6 Å². The van der Waals surface area contributed by atoms with Gasteiger partial charge in [-0.3, -0.25) is 4.79 Å². The molecule has 0 heterocycles. The van der Waals surface area contributed by atoms with Crippen molar-refractivity contribution in [3.8, 4) is 17.6 Å². The maximum atomic E-state index is 12.2. The normalized spacial score (nSPS) is 11.4. The number of Topliss-reactive ketones (excluding diaryl/α,β-unsaturated/α-hetero) is 1. The van der Waals surface area contributed by atoms with E-state index in [4.69, 9.17) is 14.7 Å². The van der Waals surface area contributed by atoms with E-state index in [0.29, 0.717) is 23.5 Å². The SMILES string of the molecule is CCC(C#N)C(=O)c1c(OC)cccc1OC. The molecule has 1 aromatic carbocycles. The topological polar surface area (TPSA) is 59.3 Å². The molecule has 90 valence electrons. The van der Waals surface area contributed by atoms with Crippen molar-refractivity contribution in [2.45, 2.75) is 13.3 Å². The number of nitrogens with zero attached hydrogens (tertiary/aromatic N) is 1. The first-order chi connectivity index (χ1) is 8.19. The van der Waals surface area contributed by atoms with Crippen molar-refractivity contribution in [3.05, 3.63) is 23.8 Å². The molecule has 0 saturated carbocycles. The molecule has 1 aromatic rings.